The van der Waals surface area contributed by atoms with Gasteiger partial charge in [0.2, 0.25) is 0 Å². The number of nitrogens with zero attached hydrogens (tertiary/aromatic N) is 1. The lowest BCUT2D eigenvalue weighted by Gasteiger charge is -2.05. The van der Waals surface area contributed by atoms with Crippen molar-refractivity contribution in [2.45, 2.75) is 6.42 Å². The van der Waals surface area contributed by atoms with Crippen molar-refractivity contribution in [2.75, 3.05) is 12.3 Å². The lowest BCUT2D eigenvalue weighted by molar-refractivity contribution is -0.384. The fourth-order valence-electron chi connectivity index (χ4n) is 1.12. The van der Waals surface area contributed by atoms with Crippen molar-refractivity contribution in [3.63, 3.8) is 0 Å². The topological polar surface area (TPSA) is 110 Å². The number of phenols is 1. The number of aliphatic hydroxyl groups is 1. The lowest BCUT2D eigenvalue weighted by atomic mass is 10.1. The number of nitro groups is 1. The van der Waals surface area contributed by atoms with Crippen molar-refractivity contribution in [1.29, 1.82) is 0 Å². The van der Waals surface area contributed by atoms with Crippen molar-refractivity contribution < 1.29 is 15.1 Å². The number of aromatic hydroxyl groups is 1. The quantitative estimate of drug-likeness (QED) is 0.282. The third-order valence-electron chi connectivity index (χ3n) is 1.86. The maximum Gasteiger partial charge on any atom is 0.295 e. The van der Waals surface area contributed by atoms with Gasteiger partial charge in [0, 0.05) is 12.7 Å². The molecule has 6 nitrogen and oxygen atoms in total. The molecule has 0 radical (unpaired) electrons. The van der Waals surface area contributed by atoms with Gasteiger partial charge in [-0.2, -0.15) is 0 Å². The van der Waals surface area contributed by atoms with E-state index in [2.05, 4.69) is 0 Å². The Morgan fingerprint density at radius 3 is 2.64 bits per heavy atom. The molecule has 76 valence electrons. The molecule has 0 fully saturated rings. The summed E-state index contributed by atoms with van der Waals surface area (Å²) >= 11 is 0. The first kappa shape index (κ1) is 10.3. The molecule has 0 aromatic heterocycles. The Morgan fingerprint density at radius 1 is 1.50 bits per heavy atom. The molecule has 0 aliphatic heterocycles. The molecular formula is C8H10N2O4. The van der Waals surface area contributed by atoms with Crippen LogP contribution >= 0.6 is 0 Å². The number of rotatable bonds is 3. The van der Waals surface area contributed by atoms with Gasteiger partial charge in [-0.3, -0.25) is 10.1 Å². The predicted molar refractivity (Wildman–Crippen MR) is 50.0 cm³/mol. The van der Waals surface area contributed by atoms with E-state index < -0.39 is 4.92 Å². The summed E-state index contributed by atoms with van der Waals surface area (Å²) in [7, 11) is 0. The Balaban J connectivity index is 3.19. The van der Waals surface area contributed by atoms with Gasteiger partial charge in [-0.05, 0) is 18.1 Å². The van der Waals surface area contributed by atoms with Crippen LogP contribution in [-0.4, -0.2) is 21.7 Å². The number of hydrogen-bond donors (Lipinski definition) is 3. The SMILES string of the molecule is Nc1c([N+](=O)[O-])ccc(CCO)c1O. The van der Waals surface area contributed by atoms with Crippen LogP contribution < -0.4 is 5.73 Å². The number of nitrogen functional groups attached to an aromatic ring is 1. The van der Waals surface area contributed by atoms with E-state index in [9.17, 15) is 15.2 Å². The molecule has 0 spiro atoms. The first-order valence-corrected chi connectivity index (χ1v) is 3.93. The number of nitrogens with two attached hydrogens (primary N) is 1. The molecule has 0 saturated carbocycles. The molecular weight excluding hydrogens is 188 g/mol. The van der Waals surface area contributed by atoms with Gasteiger partial charge in [-0.1, -0.05) is 0 Å². The van der Waals surface area contributed by atoms with Gasteiger partial charge in [0.25, 0.3) is 5.69 Å². The van der Waals surface area contributed by atoms with Crippen LogP contribution in [0, 0.1) is 10.1 Å². The zero-order valence-corrected chi connectivity index (χ0v) is 7.30. The largest absolute Gasteiger partial charge is 0.505 e. The normalized spacial score (nSPS) is 10.1. The molecule has 0 saturated heterocycles. The molecule has 6 heteroatoms. The van der Waals surface area contributed by atoms with Crippen molar-refractivity contribution in [3.8, 4) is 5.75 Å². The maximum absolute atomic E-state index is 10.4. The van der Waals surface area contributed by atoms with E-state index in [1.165, 1.54) is 12.1 Å². The number of anilines is 1. The van der Waals surface area contributed by atoms with Gasteiger partial charge < -0.3 is 15.9 Å². The van der Waals surface area contributed by atoms with E-state index in [4.69, 9.17) is 10.8 Å². The van der Waals surface area contributed by atoms with Gasteiger partial charge in [0.15, 0.2) is 5.69 Å². The van der Waals surface area contributed by atoms with Crippen LogP contribution in [0.1, 0.15) is 5.56 Å². The lowest BCUT2D eigenvalue weighted by Crippen LogP contribution is -1.99. The smallest absolute Gasteiger partial charge is 0.295 e. The molecule has 0 aliphatic carbocycles. The molecule has 0 bridgehead atoms. The third kappa shape index (κ3) is 1.74. The maximum atomic E-state index is 10.4. The standard InChI is InChI=1S/C8H10N2O4/c9-7-6(10(13)14)2-1-5(3-4-11)8(7)12/h1-2,11-12H,3-4,9H2. The highest BCUT2D eigenvalue weighted by atomic mass is 16.6. The Labute approximate surface area is 79.7 Å². The minimum absolute atomic E-state index is 0.148. The minimum Gasteiger partial charge on any atom is -0.505 e. The number of nitro benzene ring substituents is 1. The molecule has 14 heavy (non-hydrogen) atoms. The third-order valence-corrected chi connectivity index (χ3v) is 1.86. The van der Waals surface area contributed by atoms with Crippen LogP contribution in [0.3, 0.4) is 0 Å². The van der Waals surface area contributed by atoms with Gasteiger partial charge >= 0.3 is 0 Å². The summed E-state index contributed by atoms with van der Waals surface area (Å²) in [5, 5.41) is 28.5. The van der Waals surface area contributed by atoms with Crippen molar-refractivity contribution in [2.24, 2.45) is 0 Å². The van der Waals surface area contributed by atoms with Gasteiger partial charge in [0.1, 0.15) is 5.75 Å². The molecule has 1 aromatic rings. The number of aliphatic hydroxyl groups excluding tert-OH is 1. The van der Waals surface area contributed by atoms with Crippen LogP contribution in [0.25, 0.3) is 0 Å². The van der Waals surface area contributed by atoms with Crippen molar-refractivity contribution in [3.05, 3.63) is 27.8 Å². The molecule has 0 aliphatic rings. The van der Waals surface area contributed by atoms with Crippen molar-refractivity contribution >= 4 is 11.4 Å². The Kier molecular flexibility index (Phi) is 2.88. The summed E-state index contributed by atoms with van der Waals surface area (Å²) in [5.41, 5.74) is 5.15. The Bertz CT molecular complexity index is 365. The minimum atomic E-state index is -0.669. The van der Waals surface area contributed by atoms with E-state index in [-0.39, 0.29) is 30.2 Å². The number of hydrogen-bond acceptors (Lipinski definition) is 5. The first-order chi connectivity index (χ1) is 6.57. The molecule has 0 unspecified atom stereocenters. The second-order valence-electron chi connectivity index (χ2n) is 2.74. The average molecular weight is 198 g/mol. The van der Waals surface area contributed by atoms with E-state index in [0.29, 0.717) is 5.56 Å². The Morgan fingerprint density at radius 2 is 2.14 bits per heavy atom. The van der Waals surface area contributed by atoms with E-state index >= 15 is 0 Å². The Hall–Kier alpha value is -1.82. The molecule has 0 amide bonds. The van der Waals surface area contributed by atoms with Crippen LogP contribution in [0.4, 0.5) is 11.4 Å². The zero-order valence-electron chi connectivity index (χ0n) is 7.30. The van der Waals surface area contributed by atoms with E-state index in [0.717, 1.165) is 0 Å². The van der Waals surface area contributed by atoms with Gasteiger partial charge in [-0.25, -0.2) is 0 Å². The second kappa shape index (κ2) is 3.93. The van der Waals surface area contributed by atoms with Gasteiger partial charge in [-0.15, -0.1) is 0 Å². The highest BCUT2D eigenvalue weighted by molar-refractivity contribution is 5.68. The molecule has 0 atom stereocenters. The summed E-state index contributed by atoms with van der Waals surface area (Å²) < 4.78 is 0. The fraction of sp³-hybridized carbons (Fsp3) is 0.250. The summed E-state index contributed by atoms with van der Waals surface area (Å²) in [6.45, 7) is -0.148. The summed E-state index contributed by atoms with van der Waals surface area (Å²) in [6.07, 6.45) is 0.216. The molecule has 4 N–H and O–H groups in total. The first-order valence-electron chi connectivity index (χ1n) is 3.93. The monoisotopic (exact) mass is 198 g/mol. The number of phenolic OH excluding ortho intramolecular Hbond substituents is 1. The summed E-state index contributed by atoms with van der Waals surface area (Å²) in [6, 6.07) is 2.58. The van der Waals surface area contributed by atoms with Crippen LogP contribution in [0.2, 0.25) is 0 Å². The van der Waals surface area contributed by atoms with Crippen LogP contribution in [0.15, 0.2) is 12.1 Å². The van der Waals surface area contributed by atoms with Crippen LogP contribution in [-0.2, 0) is 6.42 Å². The summed E-state index contributed by atoms with van der Waals surface area (Å²) in [5.74, 6) is -0.326. The number of benzene rings is 1. The summed E-state index contributed by atoms with van der Waals surface area (Å²) in [4.78, 5) is 9.74. The molecule has 0 heterocycles. The van der Waals surface area contributed by atoms with Crippen LogP contribution in [0.5, 0.6) is 5.75 Å². The van der Waals surface area contributed by atoms with Crippen molar-refractivity contribution in [1.82, 2.24) is 0 Å². The molecule has 1 aromatic carbocycles. The van der Waals surface area contributed by atoms with E-state index in [1.807, 2.05) is 0 Å². The second-order valence-corrected chi connectivity index (χ2v) is 2.74. The molecule has 1 rings (SSSR count). The van der Waals surface area contributed by atoms with E-state index in [1.54, 1.807) is 0 Å². The highest BCUT2D eigenvalue weighted by Crippen LogP contribution is 2.33. The average Bonchev–Trinajstić information content (AvgIpc) is 2.13. The fourth-order valence-corrected chi connectivity index (χ4v) is 1.12. The van der Waals surface area contributed by atoms with Gasteiger partial charge in [0.05, 0.1) is 4.92 Å². The zero-order chi connectivity index (χ0) is 10.7. The highest BCUT2D eigenvalue weighted by Gasteiger charge is 2.17. The predicted octanol–water partition coefficient (Wildman–Crippen LogP) is 0.417.